The molecule has 1 aromatic carbocycles. The molecule has 13 heteroatoms. The maximum atomic E-state index is 13.1. The number of nitrogens with one attached hydrogen (secondary N) is 4. The number of aromatic amines is 1. The Bertz CT molecular complexity index is 1140. The maximum absolute atomic E-state index is 13.1. The van der Waals surface area contributed by atoms with Crippen molar-refractivity contribution in [3.63, 3.8) is 0 Å². The summed E-state index contributed by atoms with van der Waals surface area (Å²) < 4.78 is 0. The van der Waals surface area contributed by atoms with Gasteiger partial charge in [0.15, 0.2) is 0 Å². The summed E-state index contributed by atoms with van der Waals surface area (Å²) in [4.78, 5) is 64.2. The minimum absolute atomic E-state index is 0.203. The van der Waals surface area contributed by atoms with Crippen molar-refractivity contribution in [3.8, 4) is 0 Å². The van der Waals surface area contributed by atoms with Crippen LogP contribution >= 0.6 is 12.6 Å². The van der Waals surface area contributed by atoms with Gasteiger partial charge in [-0.15, -0.1) is 0 Å². The van der Waals surface area contributed by atoms with Gasteiger partial charge in [-0.25, -0.2) is 4.79 Å². The molecule has 1 heterocycles. The molecule has 2 rings (SSSR count). The van der Waals surface area contributed by atoms with Crippen molar-refractivity contribution in [2.45, 2.75) is 57.3 Å². The summed E-state index contributed by atoms with van der Waals surface area (Å²) >= 11 is 3.86. The molecule has 0 aliphatic heterocycles. The standard InChI is InChI=1S/C24H33N5O7S/c1-3-12(2)20(23(34)27-17(9-19(30)31)22(33)28-18(11-37)24(35)36)29-21(32)15(25)8-13-10-26-16-7-5-4-6-14(13)16/h4-7,10,12,15,17-18,20,26,37H,3,8-9,11,25H2,1-2H3,(H,27,34)(H,28,33)(H,29,32)(H,30,31)(H,35,36). The largest absolute Gasteiger partial charge is 0.481 e. The Labute approximate surface area is 219 Å². The lowest BCUT2D eigenvalue weighted by molar-refractivity contribution is -0.143. The molecule has 2 aromatic rings. The highest BCUT2D eigenvalue weighted by Crippen LogP contribution is 2.19. The first-order valence-electron chi connectivity index (χ1n) is 11.8. The van der Waals surface area contributed by atoms with E-state index in [1.807, 2.05) is 24.3 Å². The fraction of sp³-hybridized carbons (Fsp3) is 0.458. The monoisotopic (exact) mass is 535 g/mol. The fourth-order valence-electron chi connectivity index (χ4n) is 3.70. The van der Waals surface area contributed by atoms with Crippen LogP contribution in [-0.4, -0.2) is 74.8 Å². The van der Waals surface area contributed by atoms with Crippen LogP contribution in [0.3, 0.4) is 0 Å². The van der Waals surface area contributed by atoms with Crippen molar-refractivity contribution in [3.05, 3.63) is 36.0 Å². The SMILES string of the molecule is CCC(C)C(NC(=O)C(N)Cc1c[nH]c2ccccc12)C(=O)NC(CC(=O)O)C(=O)NC(CS)C(=O)O. The normalized spacial score (nSPS) is 15.1. The Kier molecular flexibility index (Phi) is 10.9. The Morgan fingerprint density at radius 3 is 2.24 bits per heavy atom. The molecule has 0 saturated heterocycles. The van der Waals surface area contributed by atoms with E-state index in [-0.39, 0.29) is 18.1 Å². The summed E-state index contributed by atoms with van der Waals surface area (Å²) in [6.07, 6.45) is 1.65. The van der Waals surface area contributed by atoms with E-state index in [9.17, 15) is 29.1 Å². The lowest BCUT2D eigenvalue weighted by atomic mass is 9.96. The molecule has 8 N–H and O–H groups in total. The Balaban J connectivity index is 2.14. The van der Waals surface area contributed by atoms with Gasteiger partial charge in [0.1, 0.15) is 18.1 Å². The number of aliphatic carboxylic acids is 2. The van der Waals surface area contributed by atoms with Crippen molar-refractivity contribution in [2.75, 3.05) is 5.75 Å². The number of hydrogen-bond donors (Lipinski definition) is 8. The van der Waals surface area contributed by atoms with Gasteiger partial charge in [0, 0.05) is 22.9 Å². The summed E-state index contributed by atoms with van der Waals surface area (Å²) in [6, 6.07) is 2.49. The van der Waals surface area contributed by atoms with Gasteiger partial charge in [-0.05, 0) is 24.0 Å². The average Bonchev–Trinajstić information content (AvgIpc) is 3.26. The predicted molar refractivity (Wildman–Crippen MR) is 139 cm³/mol. The van der Waals surface area contributed by atoms with E-state index in [4.69, 9.17) is 10.8 Å². The molecule has 0 saturated carbocycles. The van der Waals surface area contributed by atoms with Crippen molar-refractivity contribution in [1.29, 1.82) is 0 Å². The molecule has 202 valence electrons. The molecule has 3 amide bonds. The topological polar surface area (TPSA) is 204 Å². The minimum Gasteiger partial charge on any atom is -0.481 e. The van der Waals surface area contributed by atoms with Crippen molar-refractivity contribution >= 4 is 53.2 Å². The zero-order valence-corrected chi connectivity index (χ0v) is 21.5. The van der Waals surface area contributed by atoms with Crippen molar-refractivity contribution in [2.24, 2.45) is 11.7 Å². The van der Waals surface area contributed by atoms with Crippen molar-refractivity contribution in [1.82, 2.24) is 20.9 Å². The van der Waals surface area contributed by atoms with Crippen LogP contribution in [0.25, 0.3) is 10.9 Å². The number of hydrogen-bond acceptors (Lipinski definition) is 7. The van der Waals surface area contributed by atoms with Gasteiger partial charge in [0.05, 0.1) is 12.5 Å². The van der Waals surface area contributed by atoms with Crippen LogP contribution in [0.5, 0.6) is 0 Å². The first kappa shape index (κ1) is 29.6. The number of H-pyrrole nitrogens is 1. The first-order chi connectivity index (χ1) is 17.5. The highest BCUT2D eigenvalue weighted by atomic mass is 32.1. The van der Waals surface area contributed by atoms with Gasteiger partial charge < -0.3 is 36.9 Å². The molecule has 37 heavy (non-hydrogen) atoms. The van der Waals surface area contributed by atoms with Gasteiger partial charge >= 0.3 is 11.9 Å². The number of carbonyl (C=O) groups is 5. The van der Waals surface area contributed by atoms with Crippen LogP contribution in [0.1, 0.15) is 32.3 Å². The molecule has 0 radical (unpaired) electrons. The summed E-state index contributed by atoms with van der Waals surface area (Å²) in [6.45, 7) is 3.51. The number of rotatable bonds is 14. The number of aromatic nitrogens is 1. The van der Waals surface area contributed by atoms with Gasteiger partial charge in [-0.2, -0.15) is 12.6 Å². The maximum Gasteiger partial charge on any atom is 0.327 e. The second kappa shape index (κ2) is 13.7. The fourth-order valence-corrected chi connectivity index (χ4v) is 3.94. The van der Waals surface area contributed by atoms with E-state index in [2.05, 4.69) is 33.6 Å². The van der Waals surface area contributed by atoms with E-state index in [1.54, 1.807) is 20.0 Å². The molecule has 0 fully saturated rings. The van der Waals surface area contributed by atoms with Gasteiger partial charge in [-0.3, -0.25) is 19.2 Å². The highest BCUT2D eigenvalue weighted by Gasteiger charge is 2.33. The second-order valence-corrected chi connectivity index (χ2v) is 9.15. The smallest absolute Gasteiger partial charge is 0.327 e. The molecule has 0 aliphatic rings. The lowest BCUT2D eigenvalue weighted by Gasteiger charge is -2.27. The van der Waals surface area contributed by atoms with Gasteiger partial charge in [-0.1, -0.05) is 38.5 Å². The number of para-hydroxylation sites is 1. The number of fused-ring (bicyclic) bond motifs is 1. The quantitative estimate of drug-likeness (QED) is 0.155. The van der Waals surface area contributed by atoms with Crippen LogP contribution in [-0.2, 0) is 30.4 Å². The third-order valence-corrected chi connectivity index (χ3v) is 6.42. The Morgan fingerprint density at radius 2 is 1.65 bits per heavy atom. The molecule has 5 atom stereocenters. The molecule has 0 aliphatic carbocycles. The third-order valence-electron chi connectivity index (χ3n) is 6.05. The van der Waals surface area contributed by atoms with E-state index in [0.29, 0.717) is 6.42 Å². The van der Waals surface area contributed by atoms with Gasteiger partial charge in [0.2, 0.25) is 17.7 Å². The molecule has 0 bridgehead atoms. The number of carboxylic acid groups (broad SMARTS) is 2. The summed E-state index contributed by atoms with van der Waals surface area (Å²) in [7, 11) is 0. The van der Waals surface area contributed by atoms with Crippen LogP contribution in [0.4, 0.5) is 0 Å². The number of benzene rings is 1. The van der Waals surface area contributed by atoms with Gasteiger partial charge in [0.25, 0.3) is 0 Å². The van der Waals surface area contributed by atoms with Crippen LogP contribution < -0.4 is 21.7 Å². The summed E-state index contributed by atoms with van der Waals surface area (Å²) in [5.74, 6) is -5.76. The molecule has 1 aromatic heterocycles. The minimum atomic E-state index is -1.57. The second-order valence-electron chi connectivity index (χ2n) is 8.78. The van der Waals surface area contributed by atoms with Crippen LogP contribution in [0.2, 0.25) is 0 Å². The van der Waals surface area contributed by atoms with E-state index < -0.39 is 60.2 Å². The zero-order valence-electron chi connectivity index (χ0n) is 20.6. The van der Waals surface area contributed by atoms with Crippen LogP contribution in [0, 0.1) is 5.92 Å². The zero-order chi connectivity index (χ0) is 27.7. The average molecular weight is 536 g/mol. The van der Waals surface area contributed by atoms with E-state index in [0.717, 1.165) is 16.5 Å². The lowest BCUT2D eigenvalue weighted by Crippen LogP contribution is -2.59. The number of carbonyl (C=O) groups excluding carboxylic acids is 3. The number of carboxylic acids is 2. The van der Waals surface area contributed by atoms with E-state index >= 15 is 0 Å². The summed E-state index contributed by atoms with van der Waals surface area (Å²) in [5, 5.41) is 26.4. The third kappa shape index (κ3) is 8.22. The molecule has 0 spiro atoms. The first-order valence-corrected chi connectivity index (χ1v) is 12.4. The van der Waals surface area contributed by atoms with Crippen molar-refractivity contribution < 1.29 is 34.2 Å². The molecular formula is C24H33N5O7S. The summed E-state index contributed by atoms with van der Waals surface area (Å²) in [5.41, 5.74) is 7.87. The van der Waals surface area contributed by atoms with E-state index in [1.165, 1.54) is 0 Å². The molecule has 12 nitrogen and oxygen atoms in total. The Hall–Kier alpha value is -3.58. The molecular weight excluding hydrogens is 502 g/mol. The highest BCUT2D eigenvalue weighted by molar-refractivity contribution is 7.80. The predicted octanol–water partition coefficient (Wildman–Crippen LogP) is 0.0273. The number of amides is 3. The number of thiol groups is 1. The molecule has 5 unspecified atom stereocenters. The van der Waals surface area contributed by atoms with Crippen LogP contribution in [0.15, 0.2) is 30.5 Å². The Morgan fingerprint density at radius 1 is 1.00 bits per heavy atom. The number of nitrogens with two attached hydrogens (primary N) is 1.